The Kier molecular flexibility index (Phi) is 51.2. The molecule has 0 amide bonds. The Hall–Kier alpha value is 0.290. The summed E-state index contributed by atoms with van der Waals surface area (Å²) in [6.45, 7) is 6.30. The first kappa shape index (κ1) is 56.7. The number of benzene rings is 3. The molecule has 3 nitrogen and oxygen atoms in total. The lowest BCUT2D eigenvalue weighted by molar-refractivity contribution is -0.137. The van der Waals surface area contributed by atoms with E-state index in [1.807, 2.05) is 48.5 Å². The Labute approximate surface area is 338 Å². The minimum absolute atomic E-state index is 0.194. The molecular formula is C30H36Br2Cl9F3O3. The predicted octanol–water partition coefficient (Wildman–Crippen LogP) is 15.4. The maximum Gasteiger partial charge on any atom is 0.508 e. The summed E-state index contributed by atoms with van der Waals surface area (Å²) in [4.78, 5) is 10.2. The quantitative estimate of drug-likeness (QED) is 0.194. The number of aryl methyl sites for hydroxylation is 1. The van der Waals surface area contributed by atoms with Gasteiger partial charge >= 0.3 is 12.3 Å². The molecule has 0 unspecified atom stereocenters. The molecule has 0 heterocycles. The van der Waals surface area contributed by atoms with Crippen LogP contribution in [0.15, 0.2) is 91.0 Å². The fraction of sp³-hybridized carbons (Fsp3) is 0.367. The third kappa shape index (κ3) is 65.3. The lowest BCUT2D eigenvalue weighted by Crippen LogP contribution is -2.05. The molecule has 0 saturated heterocycles. The molecule has 0 bridgehead atoms. The van der Waals surface area contributed by atoms with Crippen LogP contribution in [-0.4, -0.2) is 44.0 Å². The van der Waals surface area contributed by atoms with Gasteiger partial charge in [0.15, 0.2) is 0 Å². The normalized spacial score (nSPS) is 9.13. The average Bonchev–Trinajstić information content (AvgIpc) is 2.99. The van der Waals surface area contributed by atoms with Gasteiger partial charge in [0.1, 0.15) is 0 Å². The molecule has 3 aromatic rings. The van der Waals surface area contributed by atoms with Gasteiger partial charge in [0, 0.05) is 16.8 Å². The van der Waals surface area contributed by atoms with Gasteiger partial charge in [-0.05, 0) is 32.9 Å². The predicted molar refractivity (Wildman–Crippen MR) is 210 cm³/mol. The van der Waals surface area contributed by atoms with Crippen molar-refractivity contribution in [3.63, 3.8) is 0 Å². The molecule has 0 aliphatic rings. The standard InChI is InChI=1S/C7H5F3.C7H8.C6H5Cl.C5H10O3.C2H4Cl2.CH2Br2.CCl4.CH2Cl2/c8-7(9,10)6-4-2-1-3-5-6;1-7-5-3-2-4-6-7;7-6-4-2-1-3-5-6;1-3-7-5(6)8-4-2;3-1-2-4;2-1-3;2-1(3,4)5;2-1-3/h1-5H;2-6H,1H3;1-5H;3-4H2,1-2H3;1-2H2;1H2;;1H2. The van der Waals surface area contributed by atoms with Gasteiger partial charge in [-0.1, -0.05) is 174 Å². The van der Waals surface area contributed by atoms with Crippen molar-refractivity contribution in [3.05, 3.63) is 107 Å². The van der Waals surface area contributed by atoms with E-state index in [9.17, 15) is 18.0 Å². The molecule has 3 aromatic carbocycles. The topological polar surface area (TPSA) is 35.5 Å². The molecule has 0 radical (unpaired) electrons. The number of halogens is 14. The smallest absolute Gasteiger partial charge is 0.435 e. The Morgan fingerprint density at radius 3 is 1.11 bits per heavy atom. The lowest BCUT2D eigenvalue weighted by atomic mass is 10.2. The molecule has 0 fully saturated rings. The van der Waals surface area contributed by atoms with E-state index in [0.717, 1.165) is 21.4 Å². The largest absolute Gasteiger partial charge is 0.508 e. The Morgan fingerprint density at radius 2 is 0.957 bits per heavy atom. The van der Waals surface area contributed by atoms with Crippen molar-refractivity contribution < 1.29 is 27.4 Å². The second kappa shape index (κ2) is 42.5. The number of hydrogen-bond donors (Lipinski definition) is 0. The third-order valence-electron chi connectivity index (χ3n) is 3.37. The summed E-state index contributed by atoms with van der Waals surface area (Å²) in [5, 5.41) is 0.988. The summed E-state index contributed by atoms with van der Waals surface area (Å²) >= 11 is 50.6. The highest BCUT2D eigenvalue weighted by atomic mass is 79.9. The maximum atomic E-state index is 11.8. The lowest BCUT2D eigenvalue weighted by Gasteiger charge is -2.03. The van der Waals surface area contributed by atoms with Crippen molar-refractivity contribution in [1.29, 1.82) is 0 Å². The highest BCUT2D eigenvalue weighted by molar-refractivity contribution is 9.24. The van der Waals surface area contributed by atoms with Crippen LogP contribution in [0.4, 0.5) is 18.0 Å². The number of carbonyl (C=O) groups excluding carboxylic acids is 1. The summed E-state index contributed by atoms with van der Waals surface area (Å²) in [6.07, 6.45) is -4.80. The van der Waals surface area contributed by atoms with Gasteiger partial charge < -0.3 is 9.47 Å². The molecule has 47 heavy (non-hydrogen) atoms. The summed E-state index contributed by atoms with van der Waals surface area (Å²) in [5.41, 5.74) is 0.720. The van der Waals surface area contributed by atoms with Gasteiger partial charge in [-0.2, -0.15) is 13.2 Å². The van der Waals surface area contributed by atoms with Crippen molar-refractivity contribution >= 4 is 142 Å². The average molecular weight is 980 g/mol. The van der Waals surface area contributed by atoms with Gasteiger partial charge in [-0.25, -0.2) is 4.79 Å². The van der Waals surface area contributed by atoms with E-state index in [-0.39, 0.29) is 5.34 Å². The van der Waals surface area contributed by atoms with Crippen LogP contribution >= 0.6 is 136 Å². The minimum atomic E-state index is -4.21. The SMILES string of the molecule is BrCBr.CCOC(=O)OCC.Cc1ccccc1.ClC(Cl)(Cl)Cl.ClCCCl.ClCCl.Clc1ccccc1.FC(F)(F)c1ccccc1. The number of ether oxygens (including phenoxy) is 2. The van der Waals surface area contributed by atoms with Gasteiger partial charge in [0.05, 0.1) is 28.4 Å². The fourth-order valence-electron chi connectivity index (χ4n) is 1.85. The summed E-state index contributed by atoms with van der Waals surface area (Å²) < 4.78 is 43.5. The van der Waals surface area contributed by atoms with Crippen molar-refractivity contribution in [2.45, 2.75) is 30.2 Å². The van der Waals surface area contributed by atoms with Gasteiger partial charge in [-0.15, -0.1) is 46.4 Å². The Morgan fingerprint density at radius 1 is 0.681 bits per heavy atom. The minimum Gasteiger partial charge on any atom is -0.435 e. The van der Waals surface area contributed by atoms with Gasteiger partial charge in [0.25, 0.3) is 3.25 Å². The van der Waals surface area contributed by atoms with E-state index in [0.29, 0.717) is 25.0 Å². The molecule has 0 saturated carbocycles. The van der Waals surface area contributed by atoms with Crippen molar-refractivity contribution in [1.82, 2.24) is 0 Å². The molecule has 0 spiro atoms. The third-order valence-corrected chi connectivity index (χ3v) is 4.19. The van der Waals surface area contributed by atoms with Crippen LogP contribution in [0, 0.1) is 6.92 Å². The molecule has 0 atom stereocenters. The van der Waals surface area contributed by atoms with Crippen molar-refractivity contribution in [2.75, 3.05) is 34.6 Å². The number of hydrogen-bond acceptors (Lipinski definition) is 3. The van der Waals surface area contributed by atoms with Crippen LogP contribution in [0.5, 0.6) is 0 Å². The Bertz CT molecular complexity index is 956. The van der Waals surface area contributed by atoms with E-state index < -0.39 is 21.1 Å². The zero-order chi connectivity index (χ0) is 37.6. The van der Waals surface area contributed by atoms with E-state index in [1.54, 1.807) is 19.9 Å². The first-order valence-electron chi connectivity index (χ1n) is 12.7. The highest BCUT2D eigenvalue weighted by Gasteiger charge is 2.29. The van der Waals surface area contributed by atoms with E-state index >= 15 is 0 Å². The van der Waals surface area contributed by atoms with Gasteiger partial charge in [0.2, 0.25) is 0 Å². The van der Waals surface area contributed by atoms with E-state index in [2.05, 4.69) is 60.4 Å². The summed E-state index contributed by atoms with van der Waals surface area (Å²) in [5.74, 6) is 1.11. The molecule has 0 aliphatic heterocycles. The molecule has 0 aromatic heterocycles. The molecule has 17 heteroatoms. The van der Waals surface area contributed by atoms with Crippen LogP contribution in [0.25, 0.3) is 0 Å². The zero-order valence-corrected chi connectivity index (χ0v) is 35.4. The maximum absolute atomic E-state index is 11.8. The first-order valence-corrected chi connectivity index (χ1v) is 19.0. The van der Waals surface area contributed by atoms with Crippen LogP contribution in [0.2, 0.25) is 5.02 Å². The number of alkyl halides is 13. The zero-order valence-electron chi connectivity index (χ0n) is 25.4. The summed E-state index contributed by atoms with van der Waals surface area (Å²) in [6, 6.07) is 26.1. The highest BCUT2D eigenvalue weighted by Crippen LogP contribution is 2.30. The molecule has 272 valence electrons. The number of carbonyl (C=O) groups is 1. The second-order valence-electron chi connectivity index (χ2n) is 6.94. The van der Waals surface area contributed by atoms with Crippen LogP contribution in [0.1, 0.15) is 25.0 Å². The fourth-order valence-corrected chi connectivity index (χ4v) is 2.00. The monoisotopic (exact) mass is 974 g/mol. The molecular weight excluding hydrogens is 944 g/mol. The molecule has 0 aliphatic carbocycles. The first-order chi connectivity index (χ1) is 21.9. The van der Waals surface area contributed by atoms with E-state index in [4.69, 9.17) is 104 Å². The Balaban J connectivity index is -0.000000148. The van der Waals surface area contributed by atoms with Crippen LogP contribution in [-0.2, 0) is 15.7 Å². The van der Waals surface area contributed by atoms with E-state index in [1.165, 1.54) is 17.7 Å². The van der Waals surface area contributed by atoms with Crippen LogP contribution in [0.3, 0.4) is 0 Å². The van der Waals surface area contributed by atoms with Crippen molar-refractivity contribution in [2.24, 2.45) is 0 Å². The molecule has 0 N–H and O–H groups in total. The van der Waals surface area contributed by atoms with Crippen LogP contribution < -0.4 is 0 Å². The second-order valence-corrected chi connectivity index (χ2v) is 15.0. The van der Waals surface area contributed by atoms with Crippen molar-refractivity contribution in [3.8, 4) is 0 Å². The van der Waals surface area contributed by atoms with Gasteiger partial charge in [-0.3, -0.25) is 0 Å². The number of rotatable bonds is 3. The molecule has 3 rings (SSSR count). The summed E-state index contributed by atoms with van der Waals surface area (Å²) in [7, 11) is 0.